The number of aromatic nitrogens is 3. The molecule has 0 bridgehead atoms. The van der Waals surface area contributed by atoms with Crippen molar-refractivity contribution in [2.24, 2.45) is 7.05 Å². The lowest BCUT2D eigenvalue weighted by Gasteiger charge is -2.06. The zero-order valence-electron chi connectivity index (χ0n) is 11.5. The fourth-order valence-corrected chi connectivity index (χ4v) is 1.78. The maximum Gasteiger partial charge on any atom is 0.376 e. The summed E-state index contributed by atoms with van der Waals surface area (Å²) in [7, 11) is 1.76. The summed E-state index contributed by atoms with van der Waals surface area (Å²) in [5.41, 5.74) is 0.548. The van der Waals surface area contributed by atoms with E-state index in [9.17, 15) is 9.59 Å². The SMILES string of the molecule is CCOC(=O)c1nc(C(=O)OCC)c2ccn(C)c2n1. The van der Waals surface area contributed by atoms with Crippen LogP contribution in [0.4, 0.5) is 0 Å². The van der Waals surface area contributed by atoms with Crippen LogP contribution in [0.5, 0.6) is 0 Å². The van der Waals surface area contributed by atoms with Crippen LogP contribution < -0.4 is 0 Å². The first-order valence-electron chi connectivity index (χ1n) is 6.25. The van der Waals surface area contributed by atoms with E-state index >= 15 is 0 Å². The summed E-state index contributed by atoms with van der Waals surface area (Å²) >= 11 is 0. The predicted molar refractivity (Wildman–Crippen MR) is 70.4 cm³/mol. The molecule has 106 valence electrons. The second-order valence-electron chi connectivity index (χ2n) is 4.00. The smallest absolute Gasteiger partial charge is 0.376 e. The number of ether oxygens (including phenoxy) is 2. The van der Waals surface area contributed by atoms with Crippen LogP contribution in [0.2, 0.25) is 0 Å². The van der Waals surface area contributed by atoms with Gasteiger partial charge in [0.25, 0.3) is 0 Å². The molecule has 2 aromatic rings. The van der Waals surface area contributed by atoms with E-state index in [0.717, 1.165) is 0 Å². The summed E-state index contributed by atoms with van der Waals surface area (Å²) in [6.07, 6.45) is 1.73. The lowest BCUT2D eigenvalue weighted by atomic mass is 10.3. The molecule has 7 nitrogen and oxygen atoms in total. The summed E-state index contributed by atoms with van der Waals surface area (Å²) in [4.78, 5) is 31.8. The molecule has 0 spiro atoms. The second-order valence-corrected chi connectivity index (χ2v) is 4.00. The van der Waals surface area contributed by atoms with E-state index in [1.165, 1.54) is 0 Å². The monoisotopic (exact) mass is 277 g/mol. The van der Waals surface area contributed by atoms with Crippen molar-refractivity contribution in [1.29, 1.82) is 0 Å². The van der Waals surface area contributed by atoms with Gasteiger partial charge < -0.3 is 14.0 Å². The van der Waals surface area contributed by atoms with E-state index in [1.54, 1.807) is 37.7 Å². The first kappa shape index (κ1) is 14.0. The van der Waals surface area contributed by atoms with E-state index in [2.05, 4.69) is 9.97 Å². The van der Waals surface area contributed by atoms with Crippen LogP contribution >= 0.6 is 0 Å². The lowest BCUT2D eigenvalue weighted by molar-refractivity contribution is 0.0507. The third kappa shape index (κ3) is 2.47. The van der Waals surface area contributed by atoms with Crippen molar-refractivity contribution in [3.05, 3.63) is 23.8 Å². The van der Waals surface area contributed by atoms with Gasteiger partial charge >= 0.3 is 11.9 Å². The van der Waals surface area contributed by atoms with Gasteiger partial charge in [0.05, 0.1) is 18.6 Å². The molecule has 0 amide bonds. The molecule has 2 rings (SSSR count). The van der Waals surface area contributed by atoms with Crippen molar-refractivity contribution in [1.82, 2.24) is 14.5 Å². The van der Waals surface area contributed by atoms with E-state index in [-0.39, 0.29) is 24.7 Å². The molecular formula is C13H15N3O4. The number of esters is 2. The molecule has 0 atom stereocenters. The van der Waals surface area contributed by atoms with Gasteiger partial charge in [0, 0.05) is 13.2 Å². The van der Waals surface area contributed by atoms with Crippen LogP contribution in [0.15, 0.2) is 12.3 Å². The molecule has 0 N–H and O–H groups in total. The summed E-state index contributed by atoms with van der Waals surface area (Å²) in [6.45, 7) is 3.83. The highest BCUT2D eigenvalue weighted by atomic mass is 16.5. The summed E-state index contributed by atoms with van der Waals surface area (Å²) in [5, 5.41) is 0.541. The number of nitrogens with zero attached hydrogens (tertiary/aromatic N) is 3. The van der Waals surface area contributed by atoms with Crippen molar-refractivity contribution >= 4 is 23.0 Å². The number of fused-ring (bicyclic) bond motifs is 1. The molecule has 20 heavy (non-hydrogen) atoms. The Morgan fingerprint density at radius 3 is 2.45 bits per heavy atom. The molecule has 0 saturated carbocycles. The van der Waals surface area contributed by atoms with E-state index < -0.39 is 11.9 Å². The minimum absolute atomic E-state index is 0.0699. The molecule has 2 aromatic heterocycles. The predicted octanol–water partition coefficient (Wildman–Crippen LogP) is 1.32. The molecule has 0 aliphatic heterocycles. The van der Waals surface area contributed by atoms with Gasteiger partial charge in [-0.1, -0.05) is 0 Å². The highest BCUT2D eigenvalue weighted by Gasteiger charge is 2.21. The number of hydrogen-bond donors (Lipinski definition) is 0. The quantitative estimate of drug-likeness (QED) is 0.784. The van der Waals surface area contributed by atoms with Crippen LogP contribution in [-0.4, -0.2) is 39.7 Å². The number of rotatable bonds is 4. The van der Waals surface area contributed by atoms with Gasteiger partial charge in [-0.2, -0.15) is 0 Å². The second kappa shape index (κ2) is 5.68. The molecule has 0 unspecified atom stereocenters. The van der Waals surface area contributed by atoms with E-state index in [0.29, 0.717) is 11.0 Å². The van der Waals surface area contributed by atoms with Gasteiger partial charge in [-0.05, 0) is 19.9 Å². The fraction of sp³-hybridized carbons (Fsp3) is 0.385. The lowest BCUT2D eigenvalue weighted by Crippen LogP contribution is -2.15. The minimum Gasteiger partial charge on any atom is -0.461 e. The molecule has 0 aliphatic carbocycles. The minimum atomic E-state index is -0.666. The average Bonchev–Trinajstić information content (AvgIpc) is 2.80. The molecule has 0 aromatic carbocycles. The van der Waals surface area contributed by atoms with Gasteiger partial charge in [0.1, 0.15) is 5.65 Å². The zero-order chi connectivity index (χ0) is 14.7. The third-order valence-corrected chi connectivity index (χ3v) is 2.65. The Morgan fingerprint density at radius 1 is 1.15 bits per heavy atom. The van der Waals surface area contributed by atoms with Gasteiger partial charge in [-0.25, -0.2) is 19.6 Å². The summed E-state index contributed by atoms with van der Waals surface area (Å²) in [5.74, 6) is -1.40. The Kier molecular flexibility index (Phi) is 3.97. The first-order valence-corrected chi connectivity index (χ1v) is 6.25. The van der Waals surface area contributed by atoms with Crippen molar-refractivity contribution < 1.29 is 19.1 Å². The number of aryl methyl sites for hydroxylation is 1. The van der Waals surface area contributed by atoms with Gasteiger partial charge in [-0.3, -0.25) is 0 Å². The van der Waals surface area contributed by atoms with Crippen LogP contribution in [0.3, 0.4) is 0 Å². The van der Waals surface area contributed by atoms with Crippen molar-refractivity contribution in [2.45, 2.75) is 13.8 Å². The molecule has 7 heteroatoms. The zero-order valence-corrected chi connectivity index (χ0v) is 11.5. The summed E-state index contributed by atoms with van der Waals surface area (Å²) in [6, 6.07) is 1.70. The van der Waals surface area contributed by atoms with E-state index in [1.807, 2.05) is 0 Å². The molecule has 0 saturated heterocycles. The number of carbonyl (C=O) groups is 2. The van der Waals surface area contributed by atoms with Crippen molar-refractivity contribution in [3.8, 4) is 0 Å². The highest BCUT2D eigenvalue weighted by molar-refractivity contribution is 6.02. The fourth-order valence-electron chi connectivity index (χ4n) is 1.78. The Bertz CT molecular complexity index is 663. The molecule has 0 radical (unpaired) electrons. The van der Waals surface area contributed by atoms with Gasteiger partial charge in [-0.15, -0.1) is 0 Å². The average molecular weight is 277 g/mol. The maximum absolute atomic E-state index is 11.9. The molecular weight excluding hydrogens is 262 g/mol. The van der Waals surface area contributed by atoms with Crippen LogP contribution in [0, 0.1) is 0 Å². The normalized spacial score (nSPS) is 10.6. The summed E-state index contributed by atoms with van der Waals surface area (Å²) < 4.78 is 11.5. The third-order valence-electron chi connectivity index (χ3n) is 2.65. The largest absolute Gasteiger partial charge is 0.461 e. The first-order chi connectivity index (χ1) is 9.58. The van der Waals surface area contributed by atoms with Crippen molar-refractivity contribution in [3.63, 3.8) is 0 Å². The topological polar surface area (TPSA) is 83.3 Å². The van der Waals surface area contributed by atoms with Crippen molar-refractivity contribution in [2.75, 3.05) is 13.2 Å². The molecule has 0 aliphatic rings. The maximum atomic E-state index is 11.9. The van der Waals surface area contributed by atoms with Crippen LogP contribution in [-0.2, 0) is 16.5 Å². The van der Waals surface area contributed by atoms with Gasteiger partial charge in [0.15, 0.2) is 5.69 Å². The van der Waals surface area contributed by atoms with Crippen LogP contribution in [0.25, 0.3) is 11.0 Å². The van der Waals surface area contributed by atoms with Gasteiger partial charge in [0.2, 0.25) is 5.82 Å². The number of hydrogen-bond acceptors (Lipinski definition) is 6. The Hall–Kier alpha value is -2.44. The molecule has 0 fully saturated rings. The standard InChI is InChI=1S/C13H15N3O4/c1-4-19-12(17)9-8-6-7-16(3)11(8)15-10(14-9)13(18)20-5-2/h6-7H,4-5H2,1-3H3. The van der Waals surface area contributed by atoms with E-state index in [4.69, 9.17) is 9.47 Å². The highest BCUT2D eigenvalue weighted by Crippen LogP contribution is 2.18. The Balaban J connectivity index is 2.59. The Morgan fingerprint density at radius 2 is 1.80 bits per heavy atom. The number of carbonyl (C=O) groups excluding carboxylic acids is 2. The Labute approximate surface area is 115 Å². The van der Waals surface area contributed by atoms with Crippen LogP contribution in [0.1, 0.15) is 35.0 Å². The molecule has 2 heterocycles.